The summed E-state index contributed by atoms with van der Waals surface area (Å²) in [5.74, 6) is 1.53. The van der Waals surface area contributed by atoms with Crippen LogP contribution in [0.3, 0.4) is 0 Å². The van der Waals surface area contributed by atoms with Crippen LogP contribution >= 0.6 is 23.1 Å². The van der Waals surface area contributed by atoms with Gasteiger partial charge >= 0.3 is 0 Å². The van der Waals surface area contributed by atoms with Gasteiger partial charge in [-0.1, -0.05) is 18.7 Å². The Morgan fingerprint density at radius 2 is 1.96 bits per heavy atom. The summed E-state index contributed by atoms with van der Waals surface area (Å²) in [5, 5.41) is 1.42. The molecule has 7 heteroatoms. The van der Waals surface area contributed by atoms with Crippen molar-refractivity contribution in [2.24, 2.45) is 0 Å². The maximum absolute atomic E-state index is 12.8. The van der Waals surface area contributed by atoms with E-state index in [-0.39, 0.29) is 5.56 Å². The third-order valence-corrected chi connectivity index (χ3v) is 5.69. The van der Waals surface area contributed by atoms with Gasteiger partial charge in [0.2, 0.25) is 0 Å². The smallest absolute Gasteiger partial charge is 0.263 e. The van der Waals surface area contributed by atoms with Gasteiger partial charge in [0.05, 0.1) is 19.0 Å². The lowest BCUT2D eigenvalue weighted by Crippen LogP contribution is -2.25. The van der Waals surface area contributed by atoms with Crippen molar-refractivity contribution in [3.63, 3.8) is 0 Å². The molecule has 2 heterocycles. The van der Waals surface area contributed by atoms with Crippen molar-refractivity contribution < 1.29 is 9.47 Å². The number of aryl methyl sites for hydroxylation is 1. The van der Waals surface area contributed by atoms with Gasteiger partial charge in [0.25, 0.3) is 5.56 Å². The zero-order valence-electron chi connectivity index (χ0n) is 14.4. The maximum atomic E-state index is 12.8. The van der Waals surface area contributed by atoms with E-state index in [9.17, 15) is 4.79 Å². The zero-order chi connectivity index (χ0) is 17.8. The summed E-state index contributed by atoms with van der Waals surface area (Å²) in [4.78, 5) is 19.4. The Morgan fingerprint density at radius 1 is 1.24 bits per heavy atom. The van der Waals surface area contributed by atoms with Gasteiger partial charge in [0.15, 0.2) is 5.16 Å². The lowest BCUT2D eigenvalue weighted by atomic mass is 10.3. The SMILES string of the molecule is CCc1cc2c(=O)n(CCOc3ccc(OC)cc3)c(SC)nc2s1. The number of aromatic nitrogens is 2. The second-order valence-corrected chi connectivity index (χ2v) is 7.25. The molecule has 25 heavy (non-hydrogen) atoms. The third kappa shape index (κ3) is 3.82. The van der Waals surface area contributed by atoms with Gasteiger partial charge in [-0.05, 0) is 43.0 Å². The topological polar surface area (TPSA) is 53.4 Å². The van der Waals surface area contributed by atoms with Crippen LogP contribution in [0.2, 0.25) is 0 Å². The molecule has 0 atom stereocenters. The molecule has 0 fully saturated rings. The summed E-state index contributed by atoms with van der Waals surface area (Å²) in [6, 6.07) is 9.36. The van der Waals surface area contributed by atoms with Crippen LogP contribution in [0.1, 0.15) is 11.8 Å². The molecule has 3 rings (SSSR count). The van der Waals surface area contributed by atoms with Crippen LogP contribution in [0.5, 0.6) is 11.5 Å². The van der Waals surface area contributed by atoms with E-state index in [2.05, 4.69) is 11.9 Å². The fourth-order valence-electron chi connectivity index (χ4n) is 2.50. The predicted octanol–water partition coefficient (Wildman–Crippen LogP) is 3.83. The molecule has 5 nitrogen and oxygen atoms in total. The number of fused-ring (bicyclic) bond motifs is 1. The molecule has 0 radical (unpaired) electrons. The maximum Gasteiger partial charge on any atom is 0.263 e. The Hall–Kier alpha value is -1.99. The zero-order valence-corrected chi connectivity index (χ0v) is 16.1. The van der Waals surface area contributed by atoms with E-state index in [1.165, 1.54) is 16.6 Å². The molecule has 0 aliphatic rings. The first-order valence-corrected chi connectivity index (χ1v) is 10.0. The molecule has 132 valence electrons. The molecule has 0 aliphatic heterocycles. The van der Waals surface area contributed by atoms with Crippen molar-refractivity contribution in [2.45, 2.75) is 25.0 Å². The highest BCUT2D eigenvalue weighted by Gasteiger charge is 2.13. The molecule has 1 aromatic carbocycles. The van der Waals surface area contributed by atoms with Crippen molar-refractivity contribution in [3.8, 4) is 11.5 Å². The standard InChI is InChI=1S/C18H20N2O3S2/c1-4-14-11-15-16(25-14)19-18(24-3)20(17(15)21)9-10-23-13-7-5-12(22-2)6-8-13/h5-8,11H,4,9-10H2,1-3H3. The van der Waals surface area contributed by atoms with Crippen LogP contribution in [0, 0.1) is 0 Å². The van der Waals surface area contributed by atoms with E-state index in [1.807, 2.05) is 36.6 Å². The van der Waals surface area contributed by atoms with Crippen LogP contribution in [0.25, 0.3) is 10.2 Å². The van der Waals surface area contributed by atoms with E-state index >= 15 is 0 Å². The predicted molar refractivity (Wildman–Crippen MR) is 104 cm³/mol. The summed E-state index contributed by atoms with van der Waals surface area (Å²) in [5.41, 5.74) is 0.00336. The number of hydrogen-bond acceptors (Lipinski definition) is 6. The largest absolute Gasteiger partial charge is 0.497 e. The fourth-order valence-corrected chi connectivity index (χ4v) is 4.09. The molecule has 0 N–H and O–H groups in total. The summed E-state index contributed by atoms with van der Waals surface area (Å²) in [6.45, 7) is 2.94. The molecule has 0 amide bonds. The minimum absolute atomic E-state index is 0.00336. The molecule has 0 bridgehead atoms. The summed E-state index contributed by atoms with van der Waals surface area (Å²) in [7, 11) is 1.63. The molecule has 0 saturated heterocycles. The second kappa shape index (κ2) is 7.93. The van der Waals surface area contributed by atoms with E-state index in [1.54, 1.807) is 23.0 Å². The van der Waals surface area contributed by atoms with E-state index < -0.39 is 0 Å². The average molecular weight is 377 g/mol. The minimum Gasteiger partial charge on any atom is -0.497 e. The molecule has 0 aliphatic carbocycles. The summed E-state index contributed by atoms with van der Waals surface area (Å²) < 4.78 is 12.6. The number of ether oxygens (including phenoxy) is 2. The quantitative estimate of drug-likeness (QED) is 0.463. The van der Waals surface area contributed by atoms with Gasteiger partial charge in [-0.15, -0.1) is 11.3 Å². The number of nitrogens with zero attached hydrogens (tertiary/aromatic N) is 2. The molecule has 0 saturated carbocycles. The number of rotatable bonds is 7. The number of thiophene rings is 1. The monoisotopic (exact) mass is 376 g/mol. The Balaban J connectivity index is 1.79. The molecular formula is C18H20N2O3S2. The van der Waals surface area contributed by atoms with Crippen LogP contribution in [0.15, 0.2) is 40.3 Å². The summed E-state index contributed by atoms with van der Waals surface area (Å²) >= 11 is 3.07. The number of hydrogen-bond donors (Lipinski definition) is 0. The fraction of sp³-hybridized carbons (Fsp3) is 0.333. The average Bonchev–Trinajstić information content (AvgIpc) is 3.07. The molecular weight excluding hydrogens is 356 g/mol. The first kappa shape index (κ1) is 17.8. The van der Waals surface area contributed by atoms with Crippen molar-refractivity contribution >= 4 is 33.3 Å². The highest BCUT2D eigenvalue weighted by atomic mass is 32.2. The lowest BCUT2D eigenvalue weighted by Gasteiger charge is -2.11. The van der Waals surface area contributed by atoms with Gasteiger partial charge in [-0.3, -0.25) is 9.36 Å². The van der Waals surface area contributed by atoms with Gasteiger partial charge in [-0.25, -0.2) is 4.98 Å². The van der Waals surface area contributed by atoms with Crippen LogP contribution in [-0.2, 0) is 13.0 Å². The van der Waals surface area contributed by atoms with Gasteiger partial charge < -0.3 is 9.47 Å². The Kier molecular flexibility index (Phi) is 5.65. The second-order valence-electron chi connectivity index (χ2n) is 5.36. The van der Waals surface area contributed by atoms with Crippen LogP contribution in [0.4, 0.5) is 0 Å². The molecule has 2 aromatic heterocycles. The normalized spacial score (nSPS) is 11.0. The molecule has 3 aromatic rings. The van der Waals surface area contributed by atoms with Gasteiger partial charge in [-0.2, -0.15) is 0 Å². The Labute approximate surface area is 154 Å². The lowest BCUT2D eigenvalue weighted by molar-refractivity contribution is 0.290. The van der Waals surface area contributed by atoms with Crippen molar-refractivity contribution in [1.29, 1.82) is 0 Å². The Bertz CT molecular complexity index is 916. The Morgan fingerprint density at radius 3 is 2.60 bits per heavy atom. The van der Waals surface area contributed by atoms with E-state index in [0.29, 0.717) is 18.5 Å². The van der Waals surface area contributed by atoms with Crippen LogP contribution < -0.4 is 15.0 Å². The van der Waals surface area contributed by atoms with Crippen LogP contribution in [-0.4, -0.2) is 29.5 Å². The van der Waals surface area contributed by atoms with Gasteiger partial charge in [0.1, 0.15) is 22.9 Å². The van der Waals surface area contributed by atoms with Crippen molar-refractivity contribution in [2.75, 3.05) is 20.0 Å². The molecule has 0 unspecified atom stereocenters. The first-order chi connectivity index (χ1) is 12.2. The summed E-state index contributed by atoms with van der Waals surface area (Å²) in [6.07, 6.45) is 2.85. The number of methoxy groups -OCH3 is 1. The van der Waals surface area contributed by atoms with Crippen molar-refractivity contribution in [3.05, 3.63) is 45.6 Å². The van der Waals surface area contributed by atoms with E-state index in [0.717, 1.165) is 27.9 Å². The molecule has 0 spiro atoms. The minimum atomic E-state index is 0.00336. The highest BCUT2D eigenvalue weighted by molar-refractivity contribution is 7.98. The van der Waals surface area contributed by atoms with E-state index in [4.69, 9.17) is 9.47 Å². The highest BCUT2D eigenvalue weighted by Crippen LogP contribution is 2.24. The number of benzene rings is 1. The van der Waals surface area contributed by atoms with Gasteiger partial charge in [0, 0.05) is 4.88 Å². The third-order valence-electron chi connectivity index (χ3n) is 3.84. The van der Waals surface area contributed by atoms with Crippen molar-refractivity contribution in [1.82, 2.24) is 9.55 Å². The first-order valence-electron chi connectivity index (χ1n) is 8.00. The number of thioether (sulfide) groups is 1.